The summed E-state index contributed by atoms with van der Waals surface area (Å²) in [4.78, 5) is 42.6. The van der Waals surface area contributed by atoms with Gasteiger partial charge in [-0.25, -0.2) is 9.59 Å². The fourth-order valence-corrected chi connectivity index (χ4v) is 5.34. The van der Waals surface area contributed by atoms with Gasteiger partial charge in [0.05, 0.1) is 24.8 Å². The van der Waals surface area contributed by atoms with Gasteiger partial charge in [0.1, 0.15) is 23.2 Å². The number of anilines is 2. The first-order valence-corrected chi connectivity index (χ1v) is 14.3. The first kappa shape index (κ1) is 30.2. The summed E-state index contributed by atoms with van der Waals surface area (Å²) in [7, 11) is 1.75. The highest BCUT2D eigenvalue weighted by Crippen LogP contribution is 2.31. The zero-order valence-corrected chi connectivity index (χ0v) is 24.5. The number of nitrogens with one attached hydrogen (secondary N) is 3. The van der Waals surface area contributed by atoms with Crippen LogP contribution in [0.1, 0.15) is 67.8 Å². The second-order valence-electron chi connectivity index (χ2n) is 11.3. The van der Waals surface area contributed by atoms with Crippen LogP contribution in [0, 0.1) is 19.8 Å². The molecule has 0 unspecified atom stereocenters. The molecule has 3 atom stereocenters. The van der Waals surface area contributed by atoms with E-state index < -0.39 is 18.2 Å². The predicted octanol–water partition coefficient (Wildman–Crippen LogP) is 4.13. The number of amides is 5. The number of hydrogen-bond donors (Lipinski definition) is 4. The van der Waals surface area contributed by atoms with E-state index in [1.54, 1.807) is 55.8 Å². The lowest BCUT2D eigenvalue weighted by Gasteiger charge is -2.38. The lowest BCUT2D eigenvalue weighted by molar-refractivity contribution is 0.0366. The molecule has 1 fully saturated rings. The minimum Gasteiger partial charge on any atom is -0.487 e. The Balaban J connectivity index is 1.54. The summed E-state index contributed by atoms with van der Waals surface area (Å²) in [6.07, 6.45) is 5.02. The molecule has 1 aromatic heterocycles. The Morgan fingerprint density at radius 3 is 2.59 bits per heavy atom. The molecule has 12 nitrogen and oxygen atoms in total. The number of fused-ring (bicyclic) bond motifs is 1. The number of rotatable bonds is 7. The molecule has 2 aromatic rings. The molecule has 1 aromatic carbocycles. The van der Waals surface area contributed by atoms with Crippen molar-refractivity contribution in [1.82, 2.24) is 20.3 Å². The molecular formula is C29H42N6O6. The van der Waals surface area contributed by atoms with Crippen molar-refractivity contribution < 1.29 is 28.8 Å². The molecule has 1 aliphatic carbocycles. The van der Waals surface area contributed by atoms with Crippen LogP contribution < -0.4 is 20.7 Å². The fourth-order valence-electron chi connectivity index (χ4n) is 5.34. The second-order valence-corrected chi connectivity index (χ2v) is 11.3. The zero-order valence-electron chi connectivity index (χ0n) is 24.5. The van der Waals surface area contributed by atoms with E-state index >= 15 is 0 Å². The second kappa shape index (κ2) is 13.2. The Hall–Kier alpha value is -3.80. The molecule has 2 heterocycles. The number of aromatic nitrogens is 1. The van der Waals surface area contributed by atoms with Crippen molar-refractivity contribution in [2.75, 3.05) is 37.4 Å². The van der Waals surface area contributed by atoms with E-state index in [0.717, 1.165) is 25.7 Å². The Morgan fingerprint density at radius 2 is 1.93 bits per heavy atom. The molecule has 2 aliphatic rings. The molecule has 4 rings (SSSR count). The summed E-state index contributed by atoms with van der Waals surface area (Å²) in [6.45, 7) is 7.61. The lowest BCUT2D eigenvalue weighted by Crippen LogP contribution is -2.52. The number of aliphatic hydroxyl groups is 1. The van der Waals surface area contributed by atoms with Crippen molar-refractivity contribution in [2.45, 2.75) is 78.0 Å². The van der Waals surface area contributed by atoms with Gasteiger partial charge in [-0.05, 0) is 51.8 Å². The number of carbonyl (C=O) groups is 3. The monoisotopic (exact) mass is 570 g/mol. The van der Waals surface area contributed by atoms with Crippen LogP contribution >= 0.6 is 0 Å². The number of ether oxygens (including phenoxy) is 1. The van der Waals surface area contributed by atoms with Crippen molar-refractivity contribution in [2.24, 2.45) is 5.92 Å². The minimum absolute atomic E-state index is 0.135. The average Bonchev–Trinajstić information content (AvgIpc) is 3.27. The maximum Gasteiger partial charge on any atom is 0.323 e. The van der Waals surface area contributed by atoms with Gasteiger partial charge in [-0.3, -0.25) is 4.79 Å². The number of likely N-dealkylation sites (N-methyl/N-ethyl adjacent to an activating group) is 1. The van der Waals surface area contributed by atoms with E-state index in [1.165, 1.54) is 6.42 Å². The fraction of sp³-hybridized carbons (Fsp3) is 0.586. The van der Waals surface area contributed by atoms with Crippen LogP contribution in [0.25, 0.3) is 0 Å². The zero-order chi connectivity index (χ0) is 29.7. The van der Waals surface area contributed by atoms with Gasteiger partial charge in [-0.15, -0.1) is 0 Å². The Labute approximate surface area is 240 Å². The summed E-state index contributed by atoms with van der Waals surface area (Å²) in [5.41, 5.74) is 1.66. The number of aliphatic hydroxyl groups excluding tert-OH is 1. The Kier molecular flexibility index (Phi) is 9.74. The summed E-state index contributed by atoms with van der Waals surface area (Å²) in [6, 6.07) is 3.95. The highest BCUT2D eigenvalue weighted by atomic mass is 16.5. The van der Waals surface area contributed by atoms with E-state index in [4.69, 9.17) is 9.26 Å². The molecule has 4 N–H and O–H groups in total. The smallest absolute Gasteiger partial charge is 0.323 e. The maximum absolute atomic E-state index is 13.7. The van der Waals surface area contributed by atoms with E-state index in [0.29, 0.717) is 41.7 Å². The third-order valence-electron chi connectivity index (χ3n) is 7.93. The van der Waals surface area contributed by atoms with Crippen LogP contribution in [0.15, 0.2) is 22.7 Å². The summed E-state index contributed by atoms with van der Waals surface area (Å²) in [5, 5.41) is 22.4. The topological polar surface area (TPSA) is 149 Å². The number of benzene rings is 1. The van der Waals surface area contributed by atoms with Gasteiger partial charge in [0.25, 0.3) is 5.91 Å². The predicted molar refractivity (Wildman–Crippen MR) is 154 cm³/mol. The third-order valence-corrected chi connectivity index (χ3v) is 7.93. The largest absolute Gasteiger partial charge is 0.487 e. The normalized spacial score (nSPS) is 20.2. The first-order chi connectivity index (χ1) is 19.6. The third kappa shape index (κ3) is 7.29. The molecule has 1 saturated carbocycles. The standard InChI is InChI=1S/C29H42N6O6/c1-17-14-35(18(2)16-36)27(37)23-13-22(30-28(38)32-26-19(3)33-41-20(26)4)11-12-24(23)40-25(17)15-34(5)29(39)31-21-9-7-6-8-10-21/h11-13,17-18,21,25,36H,6-10,14-16H2,1-5H3,(H,31,39)(H2,30,32,38)/t17-,18-,25+/m1/s1. The van der Waals surface area contributed by atoms with Gasteiger partial charge in [0, 0.05) is 31.2 Å². The molecule has 0 radical (unpaired) electrons. The van der Waals surface area contributed by atoms with Crippen LogP contribution in [0.4, 0.5) is 21.0 Å². The summed E-state index contributed by atoms with van der Waals surface area (Å²) >= 11 is 0. The molecule has 0 bridgehead atoms. The lowest BCUT2D eigenvalue weighted by atomic mass is 9.96. The molecule has 0 saturated heterocycles. The Bertz CT molecular complexity index is 1220. The van der Waals surface area contributed by atoms with Gasteiger partial charge in [0.15, 0.2) is 5.76 Å². The summed E-state index contributed by atoms with van der Waals surface area (Å²) in [5.74, 6) is 0.375. The van der Waals surface area contributed by atoms with Crippen LogP contribution in [0.5, 0.6) is 5.75 Å². The molecule has 41 heavy (non-hydrogen) atoms. The summed E-state index contributed by atoms with van der Waals surface area (Å²) < 4.78 is 11.5. The quantitative estimate of drug-likeness (QED) is 0.391. The van der Waals surface area contributed by atoms with Gasteiger partial charge in [-0.1, -0.05) is 31.3 Å². The van der Waals surface area contributed by atoms with Crippen molar-refractivity contribution >= 4 is 29.3 Å². The average molecular weight is 571 g/mol. The van der Waals surface area contributed by atoms with Gasteiger partial charge >= 0.3 is 12.1 Å². The first-order valence-electron chi connectivity index (χ1n) is 14.3. The van der Waals surface area contributed by atoms with Crippen molar-refractivity contribution in [3.05, 3.63) is 35.2 Å². The number of urea groups is 2. The van der Waals surface area contributed by atoms with Crippen molar-refractivity contribution in [3.63, 3.8) is 0 Å². The van der Waals surface area contributed by atoms with E-state index in [2.05, 4.69) is 21.1 Å². The van der Waals surface area contributed by atoms with Gasteiger partial charge in [-0.2, -0.15) is 0 Å². The van der Waals surface area contributed by atoms with Crippen LogP contribution in [0.2, 0.25) is 0 Å². The molecule has 0 spiro atoms. The van der Waals surface area contributed by atoms with Crippen LogP contribution in [-0.4, -0.2) is 83.0 Å². The van der Waals surface area contributed by atoms with Crippen LogP contribution in [0.3, 0.4) is 0 Å². The highest BCUT2D eigenvalue weighted by Gasteiger charge is 2.34. The van der Waals surface area contributed by atoms with E-state index in [9.17, 15) is 19.5 Å². The highest BCUT2D eigenvalue weighted by molar-refractivity contribution is 6.03. The van der Waals surface area contributed by atoms with E-state index in [1.807, 2.05) is 6.92 Å². The maximum atomic E-state index is 13.7. The molecule has 12 heteroatoms. The van der Waals surface area contributed by atoms with Gasteiger partial charge < -0.3 is 40.1 Å². The number of carbonyl (C=O) groups excluding carboxylic acids is 3. The molecule has 5 amide bonds. The minimum atomic E-state index is -0.517. The molecular weight excluding hydrogens is 528 g/mol. The number of nitrogens with zero attached hydrogens (tertiary/aromatic N) is 3. The van der Waals surface area contributed by atoms with Gasteiger partial charge in [0.2, 0.25) is 0 Å². The SMILES string of the molecule is Cc1noc(C)c1NC(=O)Nc1ccc2c(c1)C(=O)N([C@H](C)CO)C[C@@H](C)[C@H](CN(C)C(=O)NC1CCCCC1)O2. The Morgan fingerprint density at radius 1 is 1.20 bits per heavy atom. The van der Waals surface area contributed by atoms with Crippen LogP contribution in [-0.2, 0) is 0 Å². The number of aryl methyl sites for hydroxylation is 2. The number of hydrogen-bond acceptors (Lipinski definition) is 7. The van der Waals surface area contributed by atoms with E-state index in [-0.39, 0.29) is 36.1 Å². The van der Waals surface area contributed by atoms with Crippen molar-refractivity contribution in [3.8, 4) is 5.75 Å². The van der Waals surface area contributed by atoms with Crippen molar-refractivity contribution in [1.29, 1.82) is 0 Å². The molecule has 1 aliphatic heterocycles. The molecule has 224 valence electrons.